The lowest BCUT2D eigenvalue weighted by molar-refractivity contribution is 0.355. The molecular weight excluding hydrogens is 336 g/mol. The van der Waals surface area contributed by atoms with Crippen molar-refractivity contribution in [2.75, 3.05) is 0 Å². The molecule has 4 fully saturated rings. The van der Waals surface area contributed by atoms with Gasteiger partial charge in [-0.1, -0.05) is 60.8 Å². The molecule has 3 heteroatoms. The Morgan fingerprint density at radius 3 is 1.85 bits per heavy atom. The summed E-state index contributed by atoms with van der Waals surface area (Å²) in [4.78, 5) is 0. The summed E-state index contributed by atoms with van der Waals surface area (Å²) in [6, 6.07) is 15.8. The van der Waals surface area contributed by atoms with Crippen LogP contribution in [0.1, 0.15) is 56.9 Å². The number of hydrogen-bond donors (Lipinski definition) is 0. The van der Waals surface area contributed by atoms with Crippen LogP contribution in [-0.2, 0) is 15.5 Å². The Bertz CT molecular complexity index is 559. The van der Waals surface area contributed by atoms with Crippen LogP contribution in [0.2, 0.25) is 12.1 Å². The van der Waals surface area contributed by atoms with E-state index >= 15 is 0 Å². The molecule has 5 rings (SSSR count). The van der Waals surface area contributed by atoms with Crippen LogP contribution in [0.25, 0.3) is 0 Å². The summed E-state index contributed by atoms with van der Waals surface area (Å²) in [5, 5.41) is 0. The van der Waals surface area contributed by atoms with E-state index in [1.165, 1.54) is 57.4 Å². The molecule has 2 heterocycles. The molecule has 1 aromatic carbocycles. The monoisotopic (exact) mass is 370 g/mol. The summed E-state index contributed by atoms with van der Waals surface area (Å²) < 4.78 is 11.5. The highest BCUT2D eigenvalue weighted by Gasteiger charge is 2.44. The van der Waals surface area contributed by atoms with Crippen molar-refractivity contribution in [2.45, 2.75) is 93.9 Å². The number of hydrogen-bond acceptors (Lipinski definition) is 2. The fourth-order valence-corrected chi connectivity index (χ4v) is 9.26. The molecule has 0 radical (unpaired) electrons. The minimum Gasteiger partial charge on any atom is -0.370 e. The molecule has 2 aliphatic heterocycles. The van der Waals surface area contributed by atoms with Crippen LogP contribution < -0.4 is 0 Å². The zero-order chi connectivity index (χ0) is 17.3. The molecule has 2 saturated carbocycles. The molecule has 26 heavy (non-hydrogen) atoms. The van der Waals surface area contributed by atoms with E-state index < -0.39 is 8.80 Å². The molecular formula is C23H34O2Si. The van der Waals surface area contributed by atoms with E-state index in [9.17, 15) is 0 Å². The molecule has 0 amide bonds. The van der Waals surface area contributed by atoms with E-state index in [2.05, 4.69) is 30.3 Å². The minimum absolute atomic E-state index is 0.650. The van der Waals surface area contributed by atoms with E-state index in [0.717, 1.165) is 11.8 Å². The highest BCUT2D eigenvalue weighted by molar-refractivity contribution is 6.58. The average Bonchev–Trinajstić information content (AvgIpc) is 3.58. The van der Waals surface area contributed by atoms with Gasteiger partial charge >= 0.3 is 0 Å². The maximum absolute atomic E-state index is 5.75. The molecule has 6 unspecified atom stereocenters. The van der Waals surface area contributed by atoms with Gasteiger partial charge in [-0.05, 0) is 56.4 Å². The largest absolute Gasteiger partial charge is 0.370 e. The molecule has 6 atom stereocenters. The van der Waals surface area contributed by atoms with Gasteiger partial charge in [-0.25, -0.2) is 0 Å². The third-order valence-corrected chi connectivity index (χ3v) is 10.9. The van der Waals surface area contributed by atoms with Gasteiger partial charge in [0.05, 0.1) is 24.4 Å². The molecule has 0 spiro atoms. The van der Waals surface area contributed by atoms with Crippen LogP contribution >= 0.6 is 0 Å². The van der Waals surface area contributed by atoms with Crippen molar-refractivity contribution in [1.29, 1.82) is 0 Å². The standard InChI is InChI=1S/C23H34O2Si/c1-2-4-19(5-3-1)16-26(12-10-17-6-8-20-22(14-17)24-20)13-11-18-7-9-21-23(15-18)25-21/h1-5,17-18,20-23,26H,6-16H2. The second-order valence-electron chi connectivity index (χ2n) is 9.49. The Balaban J connectivity index is 1.13. The Kier molecular flexibility index (Phi) is 5.22. The third kappa shape index (κ3) is 4.43. The molecule has 0 bridgehead atoms. The molecule has 2 aliphatic carbocycles. The van der Waals surface area contributed by atoms with Gasteiger partial charge in [0.1, 0.15) is 0 Å². The van der Waals surface area contributed by atoms with Crippen molar-refractivity contribution < 1.29 is 9.47 Å². The number of rotatable bonds is 8. The van der Waals surface area contributed by atoms with Crippen LogP contribution in [-0.4, -0.2) is 33.2 Å². The number of benzene rings is 1. The fourth-order valence-electron chi connectivity index (χ4n) is 5.74. The first-order chi connectivity index (χ1) is 12.8. The van der Waals surface area contributed by atoms with Crippen molar-refractivity contribution in [3.63, 3.8) is 0 Å². The van der Waals surface area contributed by atoms with Gasteiger partial charge in [-0.15, -0.1) is 0 Å². The first-order valence-electron chi connectivity index (χ1n) is 11.2. The second kappa shape index (κ2) is 7.77. The van der Waals surface area contributed by atoms with Crippen molar-refractivity contribution in [3.8, 4) is 0 Å². The third-order valence-electron chi connectivity index (χ3n) is 7.56. The Labute approximate surface area is 160 Å². The summed E-state index contributed by atoms with van der Waals surface area (Å²) in [7, 11) is -0.697. The Morgan fingerprint density at radius 1 is 0.731 bits per heavy atom. The highest BCUT2D eigenvalue weighted by Crippen LogP contribution is 2.43. The van der Waals surface area contributed by atoms with E-state index in [1.807, 2.05) is 0 Å². The lowest BCUT2D eigenvalue weighted by Crippen LogP contribution is -2.22. The summed E-state index contributed by atoms with van der Waals surface area (Å²) in [5.74, 6) is 1.92. The summed E-state index contributed by atoms with van der Waals surface area (Å²) in [5.41, 5.74) is 1.59. The molecule has 2 saturated heterocycles. The van der Waals surface area contributed by atoms with E-state index in [0.29, 0.717) is 24.4 Å². The average molecular weight is 371 g/mol. The lowest BCUT2D eigenvalue weighted by atomic mass is 9.87. The van der Waals surface area contributed by atoms with Gasteiger partial charge in [0.15, 0.2) is 0 Å². The molecule has 0 aromatic heterocycles. The predicted molar refractivity (Wildman–Crippen MR) is 108 cm³/mol. The fraction of sp³-hybridized carbons (Fsp3) is 0.739. The zero-order valence-electron chi connectivity index (χ0n) is 16.0. The molecule has 4 aliphatic rings. The summed E-state index contributed by atoms with van der Waals surface area (Å²) in [6.45, 7) is 0. The van der Waals surface area contributed by atoms with Gasteiger partial charge in [-0.2, -0.15) is 0 Å². The van der Waals surface area contributed by atoms with Crippen LogP contribution in [0.4, 0.5) is 0 Å². The number of ether oxygens (including phenoxy) is 2. The first-order valence-corrected chi connectivity index (χ1v) is 13.6. The van der Waals surface area contributed by atoms with Gasteiger partial charge in [-0.3, -0.25) is 0 Å². The quantitative estimate of drug-likeness (QED) is 0.480. The first kappa shape index (κ1) is 17.5. The van der Waals surface area contributed by atoms with Crippen LogP contribution in [0.5, 0.6) is 0 Å². The van der Waals surface area contributed by atoms with Crippen molar-refractivity contribution in [1.82, 2.24) is 0 Å². The topological polar surface area (TPSA) is 25.1 Å². The maximum Gasteiger partial charge on any atom is 0.0844 e. The normalized spacial score (nSPS) is 38.9. The van der Waals surface area contributed by atoms with Crippen molar-refractivity contribution in [2.24, 2.45) is 11.8 Å². The Morgan fingerprint density at radius 2 is 1.31 bits per heavy atom. The van der Waals surface area contributed by atoms with E-state index in [4.69, 9.17) is 9.47 Å². The second-order valence-corrected chi connectivity index (χ2v) is 12.8. The van der Waals surface area contributed by atoms with Crippen LogP contribution in [0.3, 0.4) is 0 Å². The van der Waals surface area contributed by atoms with Gasteiger partial charge in [0.2, 0.25) is 0 Å². The van der Waals surface area contributed by atoms with Crippen LogP contribution in [0.15, 0.2) is 30.3 Å². The Hall–Kier alpha value is -0.643. The molecule has 0 N–H and O–H groups in total. The van der Waals surface area contributed by atoms with Crippen molar-refractivity contribution in [3.05, 3.63) is 35.9 Å². The van der Waals surface area contributed by atoms with Gasteiger partial charge in [0.25, 0.3) is 0 Å². The van der Waals surface area contributed by atoms with Crippen LogP contribution in [0, 0.1) is 11.8 Å². The lowest BCUT2D eigenvalue weighted by Gasteiger charge is -2.24. The smallest absolute Gasteiger partial charge is 0.0844 e. The SMILES string of the molecule is c1ccc(C[SiH](CCC2CCC3OC3C2)CCC2CCC3OC3C2)cc1. The number of fused-ring (bicyclic) bond motifs is 2. The highest BCUT2D eigenvalue weighted by atomic mass is 28.3. The van der Waals surface area contributed by atoms with Gasteiger partial charge < -0.3 is 9.47 Å². The molecule has 2 nitrogen and oxygen atoms in total. The maximum atomic E-state index is 5.75. The van der Waals surface area contributed by atoms with E-state index in [-0.39, 0.29) is 0 Å². The number of epoxide rings is 2. The zero-order valence-corrected chi connectivity index (χ0v) is 17.2. The summed E-state index contributed by atoms with van der Waals surface area (Å²) >= 11 is 0. The van der Waals surface area contributed by atoms with E-state index in [1.54, 1.807) is 17.7 Å². The molecule has 142 valence electrons. The molecule has 1 aromatic rings. The predicted octanol–water partition coefficient (Wildman–Crippen LogP) is 4.91. The van der Waals surface area contributed by atoms with Gasteiger partial charge in [0, 0.05) is 8.80 Å². The van der Waals surface area contributed by atoms with Crippen molar-refractivity contribution >= 4 is 8.80 Å². The minimum atomic E-state index is -0.697. The summed E-state index contributed by atoms with van der Waals surface area (Å²) in [6.07, 6.45) is 13.8.